The van der Waals surface area contributed by atoms with Crippen molar-refractivity contribution in [2.24, 2.45) is 28.6 Å². The van der Waals surface area contributed by atoms with Crippen LogP contribution in [-0.4, -0.2) is 22.1 Å². The van der Waals surface area contributed by atoms with Crippen molar-refractivity contribution in [2.75, 3.05) is 0 Å². The van der Waals surface area contributed by atoms with Crippen molar-refractivity contribution >= 4 is 5.78 Å². The van der Waals surface area contributed by atoms with Gasteiger partial charge in [-0.3, -0.25) is 4.79 Å². The Balaban J connectivity index is 2.06. The number of aliphatic hydroxyl groups excluding tert-OH is 1. The fraction of sp³-hybridized carbons (Fsp3) is 0.682. The van der Waals surface area contributed by atoms with E-state index in [4.69, 9.17) is 0 Å². The van der Waals surface area contributed by atoms with Gasteiger partial charge in [-0.25, -0.2) is 0 Å². The molecule has 0 heterocycles. The Bertz CT molecular complexity index is 658. The number of aliphatic hydroxyl groups is 1. The maximum Gasteiger partial charge on any atom is 0.167 e. The predicted octanol–water partition coefficient (Wildman–Crippen LogP) is 4.73. The van der Waals surface area contributed by atoms with Crippen LogP contribution in [0.5, 0.6) is 5.75 Å². The normalized spacial score (nSPS) is 37.4. The van der Waals surface area contributed by atoms with E-state index < -0.39 is 6.10 Å². The van der Waals surface area contributed by atoms with Gasteiger partial charge in [0.15, 0.2) is 5.78 Å². The maximum absolute atomic E-state index is 13.5. The van der Waals surface area contributed by atoms with E-state index in [0.29, 0.717) is 11.5 Å². The van der Waals surface area contributed by atoms with E-state index in [-0.39, 0.29) is 34.2 Å². The summed E-state index contributed by atoms with van der Waals surface area (Å²) in [5.74, 6) is 0.285. The number of phenolic OH excluding ortho intramolecular Hbond substituents is 1. The van der Waals surface area contributed by atoms with Gasteiger partial charge in [0.1, 0.15) is 5.75 Å². The molecule has 3 heteroatoms. The van der Waals surface area contributed by atoms with Crippen molar-refractivity contribution < 1.29 is 15.0 Å². The third-order valence-electron chi connectivity index (χ3n) is 7.23. The molecule has 2 aliphatic carbocycles. The van der Waals surface area contributed by atoms with Gasteiger partial charge in [0.05, 0.1) is 6.10 Å². The largest absolute Gasteiger partial charge is 0.508 e. The molecule has 1 aromatic carbocycles. The minimum atomic E-state index is -0.442. The Morgan fingerprint density at radius 2 is 1.84 bits per heavy atom. The average molecular weight is 344 g/mol. The summed E-state index contributed by atoms with van der Waals surface area (Å²) in [7, 11) is 0. The number of phenols is 1. The van der Waals surface area contributed by atoms with Crippen LogP contribution < -0.4 is 0 Å². The Morgan fingerprint density at radius 3 is 2.48 bits per heavy atom. The van der Waals surface area contributed by atoms with Crippen LogP contribution >= 0.6 is 0 Å². The lowest BCUT2D eigenvalue weighted by molar-refractivity contribution is -0.125. The van der Waals surface area contributed by atoms with Crippen LogP contribution in [0.15, 0.2) is 18.2 Å². The first-order valence-electron chi connectivity index (χ1n) is 9.59. The highest BCUT2D eigenvalue weighted by molar-refractivity contribution is 5.99. The zero-order valence-electron chi connectivity index (χ0n) is 16.2. The standard InChI is InChI=1S/C22H32O3/c1-13-9-15(11-16(23)10-13)20(25)19-14(2)17(24)12-18-21(3,4)7-6-8-22(18,19)5/h9-11,14,17-19,23-24H,6-8,12H2,1-5H3/t14-,17?,18+,19-,22+/m1/s1. The number of carbonyl (C=O) groups is 1. The topological polar surface area (TPSA) is 57.5 Å². The van der Waals surface area contributed by atoms with Gasteiger partial charge in [0.25, 0.3) is 0 Å². The molecule has 0 aromatic heterocycles. The van der Waals surface area contributed by atoms with E-state index >= 15 is 0 Å². The second-order valence-corrected chi connectivity index (χ2v) is 9.46. The number of carbonyl (C=O) groups excluding carboxylic acids is 1. The number of Topliss-reactive ketones (excluding diaryl/α,β-unsaturated/α-hetero) is 1. The number of hydrogen-bond acceptors (Lipinski definition) is 3. The molecule has 2 aliphatic rings. The zero-order valence-corrected chi connectivity index (χ0v) is 16.2. The van der Waals surface area contributed by atoms with Gasteiger partial charge < -0.3 is 10.2 Å². The van der Waals surface area contributed by atoms with Crippen LogP contribution in [0.3, 0.4) is 0 Å². The van der Waals surface area contributed by atoms with Crippen LogP contribution in [0.25, 0.3) is 0 Å². The Kier molecular flexibility index (Phi) is 4.51. The van der Waals surface area contributed by atoms with E-state index in [0.717, 1.165) is 31.2 Å². The molecule has 1 aromatic rings. The Morgan fingerprint density at radius 1 is 1.16 bits per heavy atom. The molecule has 2 saturated carbocycles. The molecule has 3 nitrogen and oxygen atoms in total. The monoisotopic (exact) mass is 344 g/mol. The molecule has 5 atom stereocenters. The second kappa shape index (κ2) is 6.12. The van der Waals surface area contributed by atoms with Gasteiger partial charge in [-0.05, 0) is 72.6 Å². The third-order valence-corrected chi connectivity index (χ3v) is 7.23. The summed E-state index contributed by atoms with van der Waals surface area (Å²) in [4.78, 5) is 13.5. The van der Waals surface area contributed by atoms with Gasteiger partial charge in [0, 0.05) is 11.5 Å². The fourth-order valence-electron chi connectivity index (χ4n) is 6.03. The first-order chi connectivity index (χ1) is 11.6. The smallest absolute Gasteiger partial charge is 0.167 e. The summed E-state index contributed by atoms with van der Waals surface area (Å²) in [6.45, 7) is 10.8. The number of fused-ring (bicyclic) bond motifs is 1. The van der Waals surface area contributed by atoms with Crippen LogP contribution in [0.1, 0.15) is 69.3 Å². The molecule has 0 radical (unpaired) electrons. The van der Waals surface area contributed by atoms with Crippen molar-refractivity contribution in [3.63, 3.8) is 0 Å². The van der Waals surface area contributed by atoms with Gasteiger partial charge in [-0.2, -0.15) is 0 Å². The molecule has 2 N–H and O–H groups in total. The molecular weight excluding hydrogens is 312 g/mol. The molecule has 0 bridgehead atoms. The van der Waals surface area contributed by atoms with Gasteiger partial charge >= 0.3 is 0 Å². The maximum atomic E-state index is 13.5. The van der Waals surface area contributed by atoms with Crippen molar-refractivity contribution in [1.29, 1.82) is 0 Å². The van der Waals surface area contributed by atoms with Gasteiger partial charge in [0.2, 0.25) is 0 Å². The van der Waals surface area contributed by atoms with Crippen molar-refractivity contribution in [3.8, 4) is 5.75 Å². The van der Waals surface area contributed by atoms with E-state index in [9.17, 15) is 15.0 Å². The highest BCUT2D eigenvalue weighted by Gasteiger charge is 2.58. The van der Waals surface area contributed by atoms with Crippen LogP contribution in [0, 0.1) is 35.5 Å². The highest BCUT2D eigenvalue weighted by Crippen LogP contribution is 2.61. The van der Waals surface area contributed by atoms with Crippen molar-refractivity contribution in [2.45, 2.75) is 66.4 Å². The number of ketones is 1. The molecule has 3 rings (SSSR count). The van der Waals surface area contributed by atoms with Gasteiger partial charge in [-0.1, -0.05) is 34.1 Å². The molecule has 0 saturated heterocycles. The number of hydrogen-bond donors (Lipinski definition) is 2. The first kappa shape index (κ1) is 18.4. The summed E-state index contributed by atoms with van der Waals surface area (Å²) in [5.41, 5.74) is 1.50. The number of aromatic hydroxyl groups is 1. The fourth-order valence-corrected chi connectivity index (χ4v) is 6.03. The van der Waals surface area contributed by atoms with E-state index in [1.165, 1.54) is 0 Å². The molecule has 2 fully saturated rings. The van der Waals surface area contributed by atoms with Crippen LogP contribution in [-0.2, 0) is 0 Å². The summed E-state index contributed by atoms with van der Waals surface area (Å²) in [6, 6.07) is 5.11. The van der Waals surface area contributed by atoms with E-state index in [2.05, 4.69) is 20.8 Å². The summed E-state index contributed by atoms with van der Waals surface area (Å²) < 4.78 is 0. The minimum Gasteiger partial charge on any atom is -0.508 e. The lowest BCUT2D eigenvalue weighted by Crippen LogP contribution is -2.57. The van der Waals surface area contributed by atoms with Crippen LogP contribution in [0.4, 0.5) is 0 Å². The molecule has 0 aliphatic heterocycles. The number of rotatable bonds is 2. The molecule has 138 valence electrons. The number of benzene rings is 1. The summed E-state index contributed by atoms with van der Waals surface area (Å²) in [5, 5.41) is 20.7. The van der Waals surface area contributed by atoms with E-state index in [1.807, 2.05) is 19.9 Å². The quantitative estimate of drug-likeness (QED) is 0.762. The van der Waals surface area contributed by atoms with E-state index in [1.54, 1.807) is 12.1 Å². The molecule has 25 heavy (non-hydrogen) atoms. The molecule has 1 unspecified atom stereocenters. The Labute approximate surface area is 151 Å². The zero-order chi connectivity index (χ0) is 18.6. The molecule has 0 amide bonds. The average Bonchev–Trinajstić information content (AvgIpc) is 2.48. The lowest BCUT2D eigenvalue weighted by Gasteiger charge is -2.59. The molecular formula is C22H32O3. The Hall–Kier alpha value is -1.35. The predicted molar refractivity (Wildman–Crippen MR) is 99.7 cm³/mol. The lowest BCUT2D eigenvalue weighted by atomic mass is 9.45. The summed E-state index contributed by atoms with van der Waals surface area (Å²) in [6.07, 6.45) is 3.66. The first-order valence-corrected chi connectivity index (χ1v) is 9.59. The summed E-state index contributed by atoms with van der Waals surface area (Å²) >= 11 is 0. The highest BCUT2D eigenvalue weighted by atomic mass is 16.3. The second-order valence-electron chi connectivity index (χ2n) is 9.46. The minimum absolute atomic E-state index is 0.0645. The van der Waals surface area contributed by atoms with Crippen molar-refractivity contribution in [3.05, 3.63) is 29.3 Å². The number of aryl methyl sites for hydroxylation is 1. The third kappa shape index (κ3) is 3.01. The van der Waals surface area contributed by atoms with Gasteiger partial charge in [-0.15, -0.1) is 0 Å². The molecule has 0 spiro atoms. The SMILES string of the molecule is Cc1cc(O)cc(C(=O)[C@H]2[C@H](C)C(O)C[C@H]3C(C)(C)CCC[C@]23C)c1. The van der Waals surface area contributed by atoms with Crippen LogP contribution in [0.2, 0.25) is 0 Å². The van der Waals surface area contributed by atoms with Crippen molar-refractivity contribution in [1.82, 2.24) is 0 Å².